The molecule has 2 aromatic carbocycles. The standard InChI is InChI=1S/C17H14FNO2/c1-11-9-13(18)6-5-12(11)10-19-8-7-14-15(17(20)21)3-2-4-16(14)19/h2-9H,10H2,1H3,(H,20,21). The van der Waals surface area contributed by atoms with E-state index in [1.807, 2.05) is 23.8 Å². The van der Waals surface area contributed by atoms with Gasteiger partial charge in [-0.2, -0.15) is 0 Å². The van der Waals surface area contributed by atoms with E-state index < -0.39 is 5.97 Å². The molecule has 0 saturated carbocycles. The van der Waals surface area contributed by atoms with Crippen molar-refractivity contribution in [2.75, 3.05) is 0 Å². The normalized spacial score (nSPS) is 11.0. The summed E-state index contributed by atoms with van der Waals surface area (Å²) >= 11 is 0. The van der Waals surface area contributed by atoms with Crippen molar-refractivity contribution in [2.45, 2.75) is 13.5 Å². The van der Waals surface area contributed by atoms with Gasteiger partial charge in [-0.3, -0.25) is 0 Å². The van der Waals surface area contributed by atoms with Crippen molar-refractivity contribution in [1.82, 2.24) is 4.57 Å². The zero-order valence-corrected chi connectivity index (χ0v) is 11.5. The molecule has 0 aliphatic heterocycles. The molecule has 21 heavy (non-hydrogen) atoms. The number of aromatic nitrogens is 1. The maximum atomic E-state index is 13.1. The van der Waals surface area contributed by atoms with Crippen LogP contribution in [0.3, 0.4) is 0 Å². The number of hydrogen-bond acceptors (Lipinski definition) is 1. The maximum Gasteiger partial charge on any atom is 0.336 e. The molecule has 0 aliphatic rings. The number of fused-ring (bicyclic) bond motifs is 1. The number of halogens is 1. The van der Waals surface area contributed by atoms with Crippen LogP contribution < -0.4 is 0 Å². The van der Waals surface area contributed by atoms with Gasteiger partial charge in [0, 0.05) is 23.6 Å². The summed E-state index contributed by atoms with van der Waals surface area (Å²) in [6, 6.07) is 11.7. The molecule has 1 N–H and O–H groups in total. The summed E-state index contributed by atoms with van der Waals surface area (Å²) < 4.78 is 15.1. The van der Waals surface area contributed by atoms with Crippen LogP contribution in [0.15, 0.2) is 48.7 Å². The zero-order valence-electron chi connectivity index (χ0n) is 11.5. The number of nitrogens with zero attached hydrogens (tertiary/aromatic N) is 1. The molecule has 0 saturated heterocycles. The second-order valence-corrected chi connectivity index (χ2v) is 5.06. The summed E-state index contributed by atoms with van der Waals surface area (Å²) in [7, 11) is 0. The van der Waals surface area contributed by atoms with Crippen molar-refractivity contribution < 1.29 is 14.3 Å². The van der Waals surface area contributed by atoms with Crippen molar-refractivity contribution in [3.8, 4) is 0 Å². The molecular weight excluding hydrogens is 269 g/mol. The molecule has 0 unspecified atom stereocenters. The Bertz CT molecular complexity index is 836. The molecule has 3 rings (SSSR count). The number of rotatable bonds is 3. The molecule has 0 spiro atoms. The molecule has 3 aromatic rings. The third-order valence-electron chi connectivity index (χ3n) is 3.69. The molecule has 4 heteroatoms. The van der Waals surface area contributed by atoms with Crippen molar-refractivity contribution >= 4 is 16.9 Å². The summed E-state index contributed by atoms with van der Waals surface area (Å²) in [5.41, 5.74) is 3.04. The Labute approximate surface area is 121 Å². The lowest BCUT2D eigenvalue weighted by Gasteiger charge is -2.09. The van der Waals surface area contributed by atoms with E-state index in [1.54, 1.807) is 24.3 Å². The van der Waals surface area contributed by atoms with Gasteiger partial charge in [-0.25, -0.2) is 9.18 Å². The van der Waals surface area contributed by atoms with E-state index >= 15 is 0 Å². The van der Waals surface area contributed by atoms with Crippen LogP contribution in [0.5, 0.6) is 0 Å². The smallest absolute Gasteiger partial charge is 0.336 e. The van der Waals surface area contributed by atoms with Gasteiger partial charge in [0.25, 0.3) is 0 Å². The fourth-order valence-electron chi connectivity index (χ4n) is 2.57. The third kappa shape index (κ3) is 2.40. The van der Waals surface area contributed by atoms with Gasteiger partial charge in [-0.1, -0.05) is 12.1 Å². The molecule has 0 fully saturated rings. The first-order valence-corrected chi connectivity index (χ1v) is 6.62. The molecule has 1 aromatic heterocycles. The Morgan fingerprint density at radius 3 is 2.76 bits per heavy atom. The van der Waals surface area contributed by atoms with Gasteiger partial charge in [0.1, 0.15) is 5.82 Å². The highest BCUT2D eigenvalue weighted by molar-refractivity contribution is 6.02. The number of aromatic carboxylic acids is 1. The van der Waals surface area contributed by atoms with Crippen molar-refractivity contribution in [1.29, 1.82) is 0 Å². The molecule has 0 atom stereocenters. The SMILES string of the molecule is Cc1cc(F)ccc1Cn1ccc2c(C(=O)O)cccc21. The number of hydrogen-bond donors (Lipinski definition) is 1. The lowest BCUT2D eigenvalue weighted by Crippen LogP contribution is -2.01. The van der Waals surface area contributed by atoms with Crippen LogP contribution in [-0.2, 0) is 6.54 Å². The number of benzene rings is 2. The summed E-state index contributed by atoms with van der Waals surface area (Å²) in [6.07, 6.45) is 1.86. The van der Waals surface area contributed by atoms with Crippen LogP contribution >= 0.6 is 0 Å². The average Bonchev–Trinajstić information content (AvgIpc) is 2.85. The molecule has 0 bridgehead atoms. The van der Waals surface area contributed by atoms with Gasteiger partial charge in [0.15, 0.2) is 0 Å². The van der Waals surface area contributed by atoms with Gasteiger partial charge in [-0.05, 0) is 48.4 Å². The van der Waals surface area contributed by atoms with Crippen LogP contribution in [0.1, 0.15) is 21.5 Å². The minimum absolute atomic E-state index is 0.248. The predicted molar refractivity (Wildman–Crippen MR) is 79.1 cm³/mol. The third-order valence-corrected chi connectivity index (χ3v) is 3.69. The van der Waals surface area contributed by atoms with Gasteiger partial charge in [-0.15, -0.1) is 0 Å². The minimum atomic E-state index is -0.934. The Morgan fingerprint density at radius 1 is 1.24 bits per heavy atom. The van der Waals surface area contributed by atoms with Crippen LogP contribution in [0.2, 0.25) is 0 Å². The van der Waals surface area contributed by atoms with Gasteiger partial charge < -0.3 is 9.67 Å². The number of carboxylic acid groups (broad SMARTS) is 1. The van der Waals surface area contributed by atoms with Crippen LogP contribution in [0.4, 0.5) is 4.39 Å². The van der Waals surface area contributed by atoms with Crippen molar-refractivity contribution in [3.63, 3.8) is 0 Å². The quantitative estimate of drug-likeness (QED) is 0.793. The Kier molecular flexibility index (Phi) is 3.22. The molecule has 106 valence electrons. The zero-order chi connectivity index (χ0) is 15.0. The lowest BCUT2D eigenvalue weighted by atomic mass is 10.1. The van der Waals surface area contributed by atoms with E-state index in [-0.39, 0.29) is 5.82 Å². The van der Waals surface area contributed by atoms with Crippen molar-refractivity contribution in [2.24, 2.45) is 0 Å². The van der Waals surface area contributed by atoms with E-state index in [1.165, 1.54) is 12.1 Å². The highest BCUT2D eigenvalue weighted by atomic mass is 19.1. The summed E-state index contributed by atoms with van der Waals surface area (Å²) in [4.78, 5) is 11.2. The molecule has 0 amide bonds. The second kappa shape index (κ2) is 5.05. The number of aryl methyl sites for hydroxylation is 1. The van der Waals surface area contributed by atoms with E-state index in [2.05, 4.69) is 0 Å². The van der Waals surface area contributed by atoms with Gasteiger partial charge >= 0.3 is 5.97 Å². The molecular formula is C17H14FNO2. The summed E-state index contributed by atoms with van der Waals surface area (Å²) in [5, 5.41) is 9.92. The van der Waals surface area contributed by atoms with E-state index in [0.717, 1.165) is 16.6 Å². The highest BCUT2D eigenvalue weighted by Crippen LogP contribution is 2.22. The first-order valence-electron chi connectivity index (χ1n) is 6.62. The number of carbonyl (C=O) groups is 1. The topological polar surface area (TPSA) is 42.2 Å². The Balaban J connectivity index is 2.06. The minimum Gasteiger partial charge on any atom is -0.478 e. The van der Waals surface area contributed by atoms with Gasteiger partial charge in [0.2, 0.25) is 0 Å². The predicted octanol–water partition coefficient (Wildman–Crippen LogP) is 3.84. The second-order valence-electron chi connectivity index (χ2n) is 5.06. The van der Waals surface area contributed by atoms with Crippen LogP contribution in [0.25, 0.3) is 10.9 Å². The first-order chi connectivity index (χ1) is 10.1. The lowest BCUT2D eigenvalue weighted by molar-refractivity contribution is 0.0699. The van der Waals surface area contributed by atoms with Crippen LogP contribution in [0, 0.1) is 12.7 Å². The Morgan fingerprint density at radius 2 is 2.05 bits per heavy atom. The highest BCUT2D eigenvalue weighted by Gasteiger charge is 2.11. The van der Waals surface area contributed by atoms with Crippen LogP contribution in [-0.4, -0.2) is 15.6 Å². The largest absolute Gasteiger partial charge is 0.478 e. The van der Waals surface area contributed by atoms with Crippen molar-refractivity contribution in [3.05, 3.63) is 71.2 Å². The van der Waals surface area contributed by atoms with E-state index in [4.69, 9.17) is 0 Å². The van der Waals surface area contributed by atoms with Gasteiger partial charge in [0.05, 0.1) is 5.56 Å². The van der Waals surface area contributed by atoms with E-state index in [9.17, 15) is 14.3 Å². The molecule has 1 heterocycles. The monoisotopic (exact) mass is 283 g/mol. The number of carboxylic acids is 1. The first kappa shape index (κ1) is 13.4. The Hall–Kier alpha value is -2.62. The molecule has 0 aliphatic carbocycles. The average molecular weight is 283 g/mol. The fourth-order valence-corrected chi connectivity index (χ4v) is 2.57. The fraction of sp³-hybridized carbons (Fsp3) is 0.118. The summed E-state index contributed by atoms with van der Waals surface area (Å²) in [5.74, 6) is -1.18. The van der Waals surface area contributed by atoms with E-state index in [0.29, 0.717) is 17.5 Å². The summed E-state index contributed by atoms with van der Waals surface area (Å²) in [6.45, 7) is 2.45. The maximum absolute atomic E-state index is 13.1. The molecule has 3 nitrogen and oxygen atoms in total. The molecule has 0 radical (unpaired) electrons.